The van der Waals surface area contributed by atoms with E-state index in [1.54, 1.807) is 18.2 Å². The third kappa shape index (κ3) is 5.14. The van der Waals surface area contributed by atoms with Gasteiger partial charge in [0.2, 0.25) is 5.95 Å². The molecular formula is C23H27N5O2S. The zero-order valence-electron chi connectivity index (χ0n) is 17.8. The van der Waals surface area contributed by atoms with Crippen molar-refractivity contribution in [2.75, 3.05) is 21.9 Å². The van der Waals surface area contributed by atoms with Gasteiger partial charge in [0.15, 0.2) is 0 Å². The second kappa shape index (κ2) is 8.93. The van der Waals surface area contributed by atoms with Crippen LogP contribution in [0.1, 0.15) is 36.6 Å². The molecule has 3 aromatic rings. The van der Waals surface area contributed by atoms with Crippen LogP contribution in [-0.2, 0) is 22.9 Å². The molecule has 0 aliphatic heterocycles. The van der Waals surface area contributed by atoms with Crippen molar-refractivity contribution in [3.63, 3.8) is 0 Å². The average Bonchev–Trinajstić information content (AvgIpc) is 2.74. The Hall–Kier alpha value is -3.13. The Bertz CT molecular complexity index is 1180. The molecule has 0 spiro atoms. The van der Waals surface area contributed by atoms with Crippen molar-refractivity contribution in [2.45, 2.75) is 44.4 Å². The summed E-state index contributed by atoms with van der Waals surface area (Å²) in [5.41, 5.74) is 4.57. The van der Waals surface area contributed by atoms with Gasteiger partial charge in [-0.2, -0.15) is 4.98 Å². The molecule has 1 aliphatic rings. The highest BCUT2D eigenvalue weighted by molar-refractivity contribution is 7.92. The van der Waals surface area contributed by atoms with E-state index in [2.05, 4.69) is 25.3 Å². The minimum Gasteiger partial charge on any atom is -0.354 e. The lowest BCUT2D eigenvalue weighted by atomic mass is 9.92. The first-order valence-electron chi connectivity index (χ1n) is 10.5. The van der Waals surface area contributed by atoms with Crippen LogP contribution in [0.3, 0.4) is 0 Å². The molecule has 1 aromatic heterocycles. The molecule has 4 rings (SSSR count). The number of benzene rings is 2. The van der Waals surface area contributed by atoms with Gasteiger partial charge in [-0.25, -0.2) is 13.4 Å². The van der Waals surface area contributed by atoms with Crippen LogP contribution >= 0.6 is 0 Å². The fraction of sp³-hybridized carbons (Fsp3) is 0.304. The SMILES string of the molecule is CCNc1nc(C)cc(Nc2ccc(NS(=O)(=O)c3ccc4c(c3)CCCC4)cc2)n1. The van der Waals surface area contributed by atoms with Crippen LogP contribution < -0.4 is 15.4 Å². The first-order valence-corrected chi connectivity index (χ1v) is 12.0. The van der Waals surface area contributed by atoms with Crippen molar-refractivity contribution in [1.29, 1.82) is 0 Å². The van der Waals surface area contributed by atoms with Gasteiger partial charge < -0.3 is 10.6 Å². The Morgan fingerprint density at radius 1 is 0.903 bits per heavy atom. The lowest BCUT2D eigenvalue weighted by Gasteiger charge is -2.17. The fourth-order valence-corrected chi connectivity index (χ4v) is 4.84. The van der Waals surface area contributed by atoms with Crippen LogP contribution in [0.4, 0.5) is 23.1 Å². The molecule has 0 bridgehead atoms. The Labute approximate surface area is 183 Å². The predicted octanol–water partition coefficient (Wildman–Crippen LogP) is 4.64. The van der Waals surface area contributed by atoms with Crippen molar-refractivity contribution < 1.29 is 8.42 Å². The number of rotatable bonds is 7. The highest BCUT2D eigenvalue weighted by Gasteiger charge is 2.18. The minimum atomic E-state index is -3.64. The molecule has 0 atom stereocenters. The molecule has 7 nitrogen and oxygen atoms in total. The molecule has 0 amide bonds. The Balaban J connectivity index is 1.47. The van der Waals surface area contributed by atoms with Crippen LogP contribution in [0.5, 0.6) is 0 Å². The largest absolute Gasteiger partial charge is 0.354 e. The summed E-state index contributed by atoms with van der Waals surface area (Å²) in [5, 5.41) is 6.34. The van der Waals surface area contributed by atoms with E-state index in [-0.39, 0.29) is 0 Å². The third-order valence-electron chi connectivity index (χ3n) is 5.23. The maximum absolute atomic E-state index is 12.8. The highest BCUT2D eigenvalue weighted by atomic mass is 32.2. The quantitative estimate of drug-likeness (QED) is 0.498. The zero-order valence-corrected chi connectivity index (χ0v) is 18.6. The molecule has 0 saturated heterocycles. The molecule has 0 fully saturated rings. The van der Waals surface area contributed by atoms with E-state index in [1.165, 1.54) is 12.0 Å². The van der Waals surface area contributed by atoms with Crippen LogP contribution in [0.2, 0.25) is 0 Å². The maximum atomic E-state index is 12.8. The fourth-order valence-electron chi connectivity index (χ4n) is 3.73. The number of fused-ring (bicyclic) bond motifs is 1. The molecule has 0 radical (unpaired) electrons. The normalized spacial score (nSPS) is 13.4. The van der Waals surface area contributed by atoms with Crippen molar-refractivity contribution in [1.82, 2.24) is 9.97 Å². The predicted molar refractivity (Wildman–Crippen MR) is 125 cm³/mol. The summed E-state index contributed by atoms with van der Waals surface area (Å²) >= 11 is 0. The lowest BCUT2D eigenvalue weighted by molar-refractivity contribution is 0.600. The summed E-state index contributed by atoms with van der Waals surface area (Å²) in [4.78, 5) is 9.07. The number of anilines is 4. The molecule has 162 valence electrons. The number of aromatic nitrogens is 2. The second-order valence-electron chi connectivity index (χ2n) is 7.69. The first kappa shape index (κ1) is 21.1. The van der Waals surface area contributed by atoms with Crippen LogP contribution in [0, 0.1) is 6.92 Å². The number of hydrogen-bond acceptors (Lipinski definition) is 6. The Kier molecular flexibility index (Phi) is 6.08. The van der Waals surface area contributed by atoms with E-state index in [0.717, 1.165) is 42.8 Å². The molecule has 0 saturated carbocycles. The molecule has 31 heavy (non-hydrogen) atoms. The topological polar surface area (TPSA) is 96.0 Å². The van der Waals surface area contributed by atoms with E-state index in [0.29, 0.717) is 22.3 Å². The van der Waals surface area contributed by atoms with E-state index >= 15 is 0 Å². The summed E-state index contributed by atoms with van der Waals surface area (Å²) in [6.45, 7) is 4.64. The monoisotopic (exact) mass is 437 g/mol. The van der Waals surface area contributed by atoms with E-state index < -0.39 is 10.0 Å². The number of nitrogens with one attached hydrogen (secondary N) is 3. The van der Waals surface area contributed by atoms with Crippen molar-refractivity contribution in [2.24, 2.45) is 0 Å². The van der Waals surface area contributed by atoms with Gasteiger partial charge in [0, 0.05) is 29.7 Å². The number of sulfonamides is 1. The average molecular weight is 438 g/mol. The van der Waals surface area contributed by atoms with Crippen LogP contribution in [0.25, 0.3) is 0 Å². The molecule has 3 N–H and O–H groups in total. The number of nitrogens with zero attached hydrogens (tertiary/aromatic N) is 2. The summed E-state index contributed by atoms with van der Waals surface area (Å²) in [6.07, 6.45) is 4.25. The summed E-state index contributed by atoms with van der Waals surface area (Å²) < 4.78 is 28.4. The molecular weight excluding hydrogens is 410 g/mol. The summed E-state index contributed by atoms with van der Waals surface area (Å²) in [5.74, 6) is 1.24. The number of aryl methyl sites for hydroxylation is 3. The standard InChI is InChI=1S/C23H27N5O2S/c1-3-24-23-25-16(2)14-22(27-23)26-19-9-11-20(12-10-19)28-31(29,30)21-13-8-17-6-4-5-7-18(17)15-21/h8-15,28H,3-7H2,1-2H3,(H2,24,25,26,27). The second-order valence-corrected chi connectivity index (χ2v) is 9.38. The van der Waals surface area contributed by atoms with Gasteiger partial charge >= 0.3 is 0 Å². The van der Waals surface area contributed by atoms with Crippen LogP contribution in [-0.4, -0.2) is 24.9 Å². The van der Waals surface area contributed by atoms with Crippen molar-refractivity contribution in [3.05, 3.63) is 65.4 Å². The zero-order chi connectivity index (χ0) is 21.8. The van der Waals surface area contributed by atoms with Crippen LogP contribution in [0.15, 0.2) is 53.4 Å². The third-order valence-corrected chi connectivity index (χ3v) is 6.61. The molecule has 0 unspecified atom stereocenters. The van der Waals surface area contributed by atoms with E-state index in [9.17, 15) is 8.42 Å². The van der Waals surface area contributed by atoms with Gasteiger partial charge in [-0.3, -0.25) is 4.72 Å². The van der Waals surface area contributed by atoms with Gasteiger partial charge in [-0.05, 0) is 87.1 Å². The van der Waals surface area contributed by atoms with Crippen molar-refractivity contribution >= 4 is 33.2 Å². The molecule has 2 aromatic carbocycles. The smallest absolute Gasteiger partial charge is 0.261 e. The highest BCUT2D eigenvalue weighted by Crippen LogP contribution is 2.26. The lowest BCUT2D eigenvalue weighted by Crippen LogP contribution is -2.14. The van der Waals surface area contributed by atoms with Gasteiger partial charge in [0.1, 0.15) is 5.82 Å². The minimum absolute atomic E-state index is 0.308. The summed E-state index contributed by atoms with van der Waals surface area (Å²) in [6, 6.07) is 14.4. The molecule has 1 heterocycles. The first-order chi connectivity index (χ1) is 14.9. The Morgan fingerprint density at radius 3 is 2.35 bits per heavy atom. The number of hydrogen-bond donors (Lipinski definition) is 3. The summed E-state index contributed by atoms with van der Waals surface area (Å²) in [7, 11) is -3.64. The van der Waals surface area contributed by atoms with Gasteiger partial charge in [0.05, 0.1) is 4.90 Å². The molecule has 8 heteroatoms. The Morgan fingerprint density at radius 2 is 1.61 bits per heavy atom. The van der Waals surface area contributed by atoms with Gasteiger partial charge in [-0.1, -0.05) is 6.07 Å². The maximum Gasteiger partial charge on any atom is 0.261 e. The van der Waals surface area contributed by atoms with E-state index in [1.807, 2.05) is 44.2 Å². The van der Waals surface area contributed by atoms with Gasteiger partial charge in [-0.15, -0.1) is 0 Å². The van der Waals surface area contributed by atoms with Gasteiger partial charge in [0.25, 0.3) is 10.0 Å². The van der Waals surface area contributed by atoms with Crippen molar-refractivity contribution in [3.8, 4) is 0 Å². The molecule has 1 aliphatic carbocycles. The van der Waals surface area contributed by atoms with E-state index in [4.69, 9.17) is 0 Å².